The topological polar surface area (TPSA) is 83.4 Å². The molecule has 0 radical (unpaired) electrons. The molecule has 3 heterocycles. The van der Waals surface area contributed by atoms with E-state index in [0.717, 1.165) is 18.7 Å². The van der Waals surface area contributed by atoms with Crippen molar-refractivity contribution in [2.45, 2.75) is 49.9 Å². The van der Waals surface area contributed by atoms with Gasteiger partial charge in [0.2, 0.25) is 5.89 Å². The Morgan fingerprint density at radius 2 is 2.39 bits per heavy atom. The van der Waals surface area contributed by atoms with Gasteiger partial charge in [-0.1, -0.05) is 5.16 Å². The monoisotopic (exact) mass is 253 g/mol. The molecule has 6 nitrogen and oxygen atoms in total. The van der Waals surface area contributed by atoms with E-state index < -0.39 is 0 Å². The van der Waals surface area contributed by atoms with Crippen molar-refractivity contribution >= 4 is 0 Å². The lowest BCUT2D eigenvalue weighted by atomic mass is 9.89. The van der Waals surface area contributed by atoms with Crippen molar-refractivity contribution in [2.24, 2.45) is 5.73 Å². The third-order valence-corrected chi connectivity index (χ3v) is 3.92. The van der Waals surface area contributed by atoms with Gasteiger partial charge in [0.05, 0.1) is 30.7 Å². The van der Waals surface area contributed by atoms with E-state index in [1.54, 1.807) is 7.11 Å². The zero-order chi connectivity index (χ0) is 12.5. The van der Waals surface area contributed by atoms with Gasteiger partial charge >= 0.3 is 0 Å². The largest absolute Gasteiger partial charge is 0.380 e. The van der Waals surface area contributed by atoms with Crippen LogP contribution < -0.4 is 5.73 Å². The van der Waals surface area contributed by atoms with E-state index in [9.17, 15) is 0 Å². The third-order valence-electron chi connectivity index (χ3n) is 3.92. The summed E-state index contributed by atoms with van der Waals surface area (Å²) in [6.45, 7) is 0.450. The average Bonchev–Trinajstić information content (AvgIpc) is 3.11. The first kappa shape index (κ1) is 12.1. The van der Waals surface area contributed by atoms with Crippen molar-refractivity contribution in [2.75, 3.05) is 13.7 Å². The number of methoxy groups -OCH3 is 1. The fraction of sp³-hybridized carbons (Fsp3) is 0.833. The average molecular weight is 253 g/mol. The molecular weight excluding hydrogens is 234 g/mol. The van der Waals surface area contributed by atoms with Crippen molar-refractivity contribution in [3.05, 3.63) is 11.7 Å². The molecule has 0 saturated carbocycles. The number of nitrogens with zero attached hydrogens (tertiary/aromatic N) is 2. The Balaban J connectivity index is 1.66. The first-order chi connectivity index (χ1) is 8.80. The van der Waals surface area contributed by atoms with E-state index in [2.05, 4.69) is 10.1 Å². The van der Waals surface area contributed by atoms with Gasteiger partial charge in [-0.15, -0.1) is 0 Å². The Kier molecular flexibility index (Phi) is 3.32. The first-order valence-corrected chi connectivity index (χ1v) is 6.51. The molecular formula is C12H19N3O3. The normalized spacial score (nSPS) is 32.0. The second kappa shape index (κ2) is 4.95. The minimum Gasteiger partial charge on any atom is -0.380 e. The molecule has 2 fully saturated rings. The standard InChI is InChI=1S/C12H19N3O3/c1-16-8(6-13)5-11-14-12(15-18-11)9-4-7-2-3-10(9)17-7/h7-10H,2-6,13H2,1H3. The van der Waals surface area contributed by atoms with Crippen LogP contribution in [-0.4, -0.2) is 42.1 Å². The van der Waals surface area contributed by atoms with Crippen LogP contribution in [0.2, 0.25) is 0 Å². The SMILES string of the molecule is COC(CN)Cc1nc(C2CC3CCC2O3)no1. The highest BCUT2D eigenvalue weighted by molar-refractivity contribution is 5.07. The van der Waals surface area contributed by atoms with Crippen LogP contribution in [0.25, 0.3) is 0 Å². The minimum atomic E-state index is -0.0606. The van der Waals surface area contributed by atoms with E-state index in [1.807, 2.05) is 0 Å². The summed E-state index contributed by atoms with van der Waals surface area (Å²) < 4.78 is 16.3. The molecule has 2 bridgehead atoms. The van der Waals surface area contributed by atoms with Gasteiger partial charge in [0.25, 0.3) is 0 Å². The Hall–Kier alpha value is -0.980. The number of rotatable bonds is 5. The molecule has 0 aliphatic carbocycles. The molecule has 3 rings (SSSR count). The number of hydrogen-bond acceptors (Lipinski definition) is 6. The summed E-state index contributed by atoms with van der Waals surface area (Å²) >= 11 is 0. The maximum absolute atomic E-state index is 5.81. The quantitative estimate of drug-likeness (QED) is 0.828. The van der Waals surface area contributed by atoms with Gasteiger partial charge in [0, 0.05) is 13.7 Å². The lowest BCUT2D eigenvalue weighted by Crippen LogP contribution is -2.24. The highest BCUT2D eigenvalue weighted by Crippen LogP contribution is 2.43. The smallest absolute Gasteiger partial charge is 0.229 e. The second-order valence-corrected chi connectivity index (χ2v) is 5.06. The van der Waals surface area contributed by atoms with E-state index in [1.165, 1.54) is 6.42 Å². The maximum atomic E-state index is 5.81. The number of fused-ring (bicyclic) bond motifs is 2. The van der Waals surface area contributed by atoms with Gasteiger partial charge in [-0.05, 0) is 19.3 Å². The molecule has 0 spiro atoms. The zero-order valence-corrected chi connectivity index (χ0v) is 10.5. The number of nitrogens with two attached hydrogens (primary N) is 1. The summed E-state index contributed by atoms with van der Waals surface area (Å²) in [6, 6.07) is 0. The summed E-state index contributed by atoms with van der Waals surface area (Å²) in [6.07, 6.45) is 4.50. The van der Waals surface area contributed by atoms with Crippen LogP contribution in [-0.2, 0) is 15.9 Å². The number of ether oxygens (including phenoxy) is 2. The van der Waals surface area contributed by atoms with Crippen molar-refractivity contribution < 1.29 is 14.0 Å². The molecule has 0 aromatic carbocycles. The summed E-state index contributed by atoms with van der Waals surface area (Å²) in [5, 5.41) is 4.08. The molecule has 4 unspecified atom stereocenters. The predicted molar refractivity (Wildman–Crippen MR) is 63.1 cm³/mol. The molecule has 0 amide bonds. The van der Waals surface area contributed by atoms with Gasteiger partial charge in [0.1, 0.15) is 0 Å². The van der Waals surface area contributed by atoms with Crippen LogP contribution in [0.4, 0.5) is 0 Å². The number of hydrogen-bond donors (Lipinski definition) is 1. The van der Waals surface area contributed by atoms with Crippen LogP contribution >= 0.6 is 0 Å². The number of aromatic nitrogens is 2. The molecule has 1 aromatic rings. The molecule has 2 aliphatic rings. The van der Waals surface area contributed by atoms with Crippen molar-refractivity contribution in [1.82, 2.24) is 10.1 Å². The van der Waals surface area contributed by atoms with Crippen molar-refractivity contribution in [3.63, 3.8) is 0 Å². The molecule has 100 valence electrons. The summed E-state index contributed by atoms with van der Waals surface area (Å²) in [5.74, 6) is 1.69. The summed E-state index contributed by atoms with van der Waals surface area (Å²) in [7, 11) is 1.64. The Labute approximate surface area is 106 Å². The highest BCUT2D eigenvalue weighted by atomic mass is 16.5. The highest BCUT2D eigenvalue weighted by Gasteiger charge is 2.43. The fourth-order valence-electron chi connectivity index (χ4n) is 2.87. The van der Waals surface area contributed by atoms with Gasteiger partial charge in [0.15, 0.2) is 5.82 Å². The molecule has 2 saturated heterocycles. The van der Waals surface area contributed by atoms with E-state index >= 15 is 0 Å². The molecule has 4 atom stereocenters. The molecule has 18 heavy (non-hydrogen) atoms. The Morgan fingerprint density at radius 3 is 3.00 bits per heavy atom. The fourth-order valence-corrected chi connectivity index (χ4v) is 2.87. The zero-order valence-electron chi connectivity index (χ0n) is 10.5. The van der Waals surface area contributed by atoms with E-state index in [0.29, 0.717) is 30.9 Å². The third kappa shape index (κ3) is 2.15. The molecule has 2 aliphatic heterocycles. The van der Waals surface area contributed by atoms with Crippen LogP contribution in [0.5, 0.6) is 0 Å². The Bertz CT molecular complexity index is 405. The van der Waals surface area contributed by atoms with Crippen molar-refractivity contribution in [1.29, 1.82) is 0 Å². The van der Waals surface area contributed by atoms with Gasteiger partial charge in [-0.3, -0.25) is 0 Å². The Morgan fingerprint density at radius 1 is 1.50 bits per heavy atom. The van der Waals surface area contributed by atoms with Crippen LogP contribution in [0.15, 0.2) is 4.52 Å². The maximum Gasteiger partial charge on any atom is 0.229 e. The summed E-state index contributed by atoms with van der Waals surface area (Å²) in [5.41, 5.74) is 5.57. The van der Waals surface area contributed by atoms with E-state index in [4.69, 9.17) is 19.7 Å². The molecule has 1 aromatic heterocycles. The first-order valence-electron chi connectivity index (χ1n) is 6.51. The van der Waals surface area contributed by atoms with Crippen LogP contribution in [0, 0.1) is 0 Å². The minimum absolute atomic E-state index is 0.0606. The van der Waals surface area contributed by atoms with Crippen LogP contribution in [0.3, 0.4) is 0 Å². The van der Waals surface area contributed by atoms with Crippen LogP contribution in [0.1, 0.15) is 36.9 Å². The lowest BCUT2D eigenvalue weighted by Gasteiger charge is -2.13. The summed E-state index contributed by atoms with van der Waals surface area (Å²) in [4.78, 5) is 4.45. The second-order valence-electron chi connectivity index (χ2n) is 5.06. The van der Waals surface area contributed by atoms with Gasteiger partial charge in [-0.25, -0.2) is 0 Å². The van der Waals surface area contributed by atoms with Crippen molar-refractivity contribution in [3.8, 4) is 0 Å². The molecule has 6 heteroatoms. The van der Waals surface area contributed by atoms with E-state index in [-0.39, 0.29) is 12.2 Å². The van der Waals surface area contributed by atoms with Gasteiger partial charge in [-0.2, -0.15) is 4.98 Å². The lowest BCUT2D eigenvalue weighted by molar-refractivity contribution is 0.0995. The molecule has 2 N–H and O–H groups in total. The predicted octanol–water partition coefficient (Wildman–Crippen LogP) is 0.621. The van der Waals surface area contributed by atoms with Gasteiger partial charge < -0.3 is 19.7 Å².